The molecular formula is C14H19BFNO3. The van der Waals surface area contributed by atoms with Crippen molar-refractivity contribution in [3.63, 3.8) is 0 Å². The van der Waals surface area contributed by atoms with Crippen molar-refractivity contribution in [3.05, 3.63) is 23.6 Å². The quantitative estimate of drug-likeness (QED) is 0.609. The fraction of sp³-hybridized carbons (Fsp3) is 0.643. The first kappa shape index (κ1) is 14.0. The van der Waals surface area contributed by atoms with Gasteiger partial charge in [0.15, 0.2) is 0 Å². The number of nitrogens with zero attached hydrogens (tertiary/aromatic N) is 1. The first-order valence-corrected chi connectivity index (χ1v) is 6.90. The molecule has 4 nitrogen and oxygen atoms in total. The first-order valence-electron chi connectivity index (χ1n) is 6.90. The van der Waals surface area contributed by atoms with Crippen LogP contribution in [0.5, 0.6) is 0 Å². The molecule has 0 atom stereocenters. The minimum Gasteiger partial charge on any atom is -0.398 e. The van der Waals surface area contributed by atoms with Gasteiger partial charge in [0.2, 0.25) is 5.95 Å². The van der Waals surface area contributed by atoms with Crippen LogP contribution in [0, 0.1) is 5.95 Å². The first-order chi connectivity index (χ1) is 9.30. The highest BCUT2D eigenvalue weighted by molar-refractivity contribution is 6.61. The lowest BCUT2D eigenvalue weighted by atomic mass is 9.77. The maximum atomic E-state index is 13.5. The molecule has 2 saturated heterocycles. The van der Waals surface area contributed by atoms with E-state index in [9.17, 15) is 4.39 Å². The van der Waals surface area contributed by atoms with E-state index in [1.54, 1.807) is 6.07 Å². The summed E-state index contributed by atoms with van der Waals surface area (Å²) in [6.45, 7) is 9.16. The van der Waals surface area contributed by atoms with Crippen molar-refractivity contribution in [2.24, 2.45) is 0 Å². The molecule has 108 valence electrons. The largest absolute Gasteiger partial charge is 0.514 e. The molecule has 0 N–H and O–H groups in total. The van der Waals surface area contributed by atoms with E-state index in [0.29, 0.717) is 18.8 Å². The monoisotopic (exact) mass is 279 g/mol. The Balaban J connectivity index is 1.96. The van der Waals surface area contributed by atoms with Gasteiger partial charge in [-0.05, 0) is 39.3 Å². The van der Waals surface area contributed by atoms with E-state index in [2.05, 4.69) is 4.98 Å². The van der Waals surface area contributed by atoms with Crippen molar-refractivity contribution >= 4 is 12.7 Å². The van der Waals surface area contributed by atoms with Crippen LogP contribution >= 0.6 is 0 Å². The number of halogens is 1. The molecule has 0 saturated carbocycles. The topological polar surface area (TPSA) is 40.6 Å². The average molecular weight is 279 g/mol. The summed E-state index contributed by atoms with van der Waals surface area (Å²) in [5, 5.41) is 0. The number of aromatic nitrogens is 1. The summed E-state index contributed by atoms with van der Waals surface area (Å²) in [5.74, 6) is -0.268. The number of rotatable bonds is 2. The van der Waals surface area contributed by atoms with Gasteiger partial charge < -0.3 is 14.0 Å². The summed E-state index contributed by atoms with van der Waals surface area (Å²) >= 11 is 0. The van der Waals surface area contributed by atoms with Crippen LogP contribution in [0.1, 0.15) is 39.2 Å². The van der Waals surface area contributed by atoms with Crippen LogP contribution in [0.4, 0.5) is 4.39 Å². The second kappa shape index (κ2) is 4.51. The van der Waals surface area contributed by atoms with E-state index in [0.717, 1.165) is 5.56 Å². The molecule has 0 radical (unpaired) electrons. The van der Waals surface area contributed by atoms with Crippen LogP contribution in [0.25, 0.3) is 0 Å². The van der Waals surface area contributed by atoms with E-state index in [1.807, 2.05) is 27.7 Å². The lowest BCUT2D eigenvalue weighted by Crippen LogP contribution is -2.43. The molecule has 0 aromatic carbocycles. The number of ether oxygens (including phenoxy) is 1. The molecule has 1 aromatic rings. The Morgan fingerprint density at radius 1 is 1.15 bits per heavy atom. The maximum Gasteiger partial charge on any atom is 0.514 e. The molecule has 0 aliphatic carbocycles. The van der Waals surface area contributed by atoms with E-state index in [4.69, 9.17) is 14.0 Å². The average Bonchev–Trinajstić information content (AvgIpc) is 2.48. The van der Waals surface area contributed by atoms with Crippen molar-refractivity contribution in [2.75, 3.05) is 13.2 Å². The SMILES string of the molecule is CC1(C)OB(c2nc(F)ccc2C2COC2)OC1(C)C. The molecule has 20 heavy (non-hydrogen) atoms. The molecule has 3 heterocycles. The highest BCUT2D eigenvalue weighted by Gasteiger charge is 2.53. The van der Waals surface area contributed by atoms with Gasteiger partial charge in [0.25, 0.3) is 0 Å². The van der Waals surface area contributed by atoms with Gasteiger partial charge in [-0.15, -0.1) is 0 Å². The molecule has 2 fully saturated rings. The Labute approximate surface area is 118 Å². The third-order valence-corrected chi connectivity index (χ3v) is 4.48. The minimum atomic E-state index is -0.633. The second-order valence-electron chi connectivity index (χ2n) is 6.43. The molecule has 2 aliphatic rings. The van der Waals surface area contributed by atoms with Gasteiger partial charge in [-0.2, -0.15) is 4.39 Å². The Morgan fingerprint density at radius 2 is 1.75 bits per heavy atom. The highest BCUT2D eigenvalue weighted by Crippen LogP contribution is 2.37. The molecule has 0 amide bonds. The normalized spacial score (nSPS) is 24.8. The minimum absolute atomic E-state index is 0.247. The lowest BCUT2D eigenvalue weighted by Gasteiger charge is -2.32. The van der Waals surface area contributed by atoms with Crippen LogP contribution in [0.15, 0.2) is 12.1 Å². The predicted octanol–water partition coefficient (Wildman–Crippen LogP) is 1.63. The summed E-state index contributed by atoms with van der Waals surface area (Å²) in [4.78, 5) is 4.02. The van der Waals surface area contributed by atoms with Gasteiger partial charge in [0.05, 0.1) is 30.0 Å². The Kier molecular flexibility index (Phi) is 3.16. The summed E-state index contributed by atoms with van der Waals surface area (Å²) < 4.78 is 30.7. The van der Waals surface area contributed by atoms with E-state index in [1.165, 1.54) is 6.07 Å². The molecule has 6 heteroatoms. The van der Waals surface area contributed by atoms with Crippen LogP contribution < -0.4 is 5.59 Å². The standard InChI is InChI=1S/C14H19BFNO3/c1-13(2)14(3,4)20-15(19-13)12-10(9-7-18-8-9)5-6-11(16)17-12/h5-6,9H,7-8H2,1-4H3. The molecule has 0 bridgehead atoms. The highest BCUT2D eigenvalue weighted by atomic mass is 19.1. The van der Waals surface area contributed by atoms with E-state index >= 15 is 0 Å². The van der Waals surface area contributed by atoms with Gasteiger partial charge in [-0.25, -0.2) is 4.98 Å². The maximum absolute atomic E-state index is 13.5. The summed E-state index contributed by atoms with van der Waals surface area (Å²) in [6.07, 6.45) is 0. The van der Waals surface area contributed by atoms with Gasteiger partial charge >= 0.3 is 7.12 Å². The molecular weight excluding hydrogens is 260 g/mol. The predicted molar refractivity (Wildman–Crippen MR) is 73.5 cm³/mol. The molecule has 1 aromatic heterocycles. The Bertz CT molecular complexity index is 515. The van der Waals surface area contributed by atoms with Crippen LogP contribution in [0.3, 0.4) is 0 Å². The summed E-state index contributed by atoms with van der Waals surface area (Å²) in [6, 6.07) is 3.14. The van der Waals surface area contributed by atoms with Crippen molar-refractivity contribution in [3.8, 4) is 0 Å². The lowest BCUT2D eigenvalue weighted by molar-refractivity contribution is 0.00578. The molecule has 3 rings (SSSR count). The smallest absolute Gasteiger partial charge is 0.398 e. The number of hydrogen-bond acceptors (Lipinski definition) is 4. The third kappa shape index (κ3) is 2.16. The fourth-order valence-electron chi connectivity index (χ4n) is 2.36. The second-order valence-corrected chi connectivity index (χ2v) is 6.43. The van der Waals surface area contributed by atoms with Gasteiger partial charge in [0.1, 0.15) is 0 Å². The van der Waals surface area contributed by atoms with Crippen molar-refractivity contribution in [2.45, 2.75) is 44.8 Å². The van der Waals surface area contributed by atoms with Crippen molar-refractivity contribution in [1.82, 2.24) is 4.98 Å². The van der Waals surface area contributed by atoms with Crippen molar-refractivity contribution < 1.29 is 18.4 Å². The summed E-state index contributed by atoms with van der Waals surface area (Å²) in [5.41, 5.74) is 0.575. The number of hydrogen-bond donors (Lipinski definition) is 0. The van der Waals surface area contributed by atoms with E-state index in [-0.39, 0.29) is 5.92 Å². The van der Waals surface area contributed by atoms with Crippen LogP contribution in [0.2, 0.25) is 0 Å². The zero-order valence-corrected chi connectivity index (χ0v) is 12.3. The van der Waals surface area contributed by atoms with Gasteiger partial charge in [-0.3, -0.25) is 0 Å². The molecule has 0 spiro atoms. The Hall–Kier alpha value is -0.975. The Morgan fingerprint density at radius 3 is 2.25 bits per heavy atom. The van der Waals surface area contributed by atoms with Crippen LogP contribution in [-0.2, 0) is 14.0 Å². The van der Waals surface area contributed by atoms with Gasteiger partial charge in [0, 0.05) is 5.92 Å². The zero-order chi connectivity index (χ0) is 14.5. The molecule has 0 unspecified atom stereocenters. The van der Waals surface area contributed by atoms with Gasteiger partial charge in [-0.1, -0.05) is 6.07 Å². The van der Waals surface area contributed by atoms with E-state index < -0.39 is 24.3 Å². The zero-order valence-electron chi connectivity index (χ0n) is 12.3. The fourth-order valence-corrected chi connectivity index (χ4v) is 2.36. The van der Waals surface area contributed by atoms with Crippen LogP contribution in [-0.4, -0.2) is 36.5 Å². The third-order valence-electron chi connectivity index (χ3n) is 4.48. The van der Waals surface area contributed by atoms with Crippen molar-refractivity contribution in [1.29, 1.82) is 0 Å². The summed E-state index contributed by atoms with van der Waals surface area (Å²) in [7, 11) is -0.633. The number of pyridine rings is 1. The molecule has 2 aliphatic heterocycles.